The number of amides is 2. The topological polar surface area (TPSA) is 271 Å². The molecule has 6 aromatic rings. The molecule has 3 N–H and O–H groups in total. The first kappa shape index (κ1) is 105. The van der Waals surface area contributed by atoms with Crippen molar-refractivity contribution in [1.29, 1.82) is 0 Å². The average Bonchev–Trinajstić information content (AvgIpc) is 1.72. The van der Waals surface area contributed by atoms with Crippen molar-refractivity contribution in [1.82, 2.24) is 44.3 Å². The van der Waals surface area contributed by atoms with Gasteiger partial charge in [-0.25, -0.2) is 45.6 Å². The summed E-state index contributed by atoms with van der Waals surface area (Å²) in [6.07, 6.45) is -3.16. The van der Waals surface area contributed by atoms with Crippen molar-refractivity contribution in [3.8, 4) is 23.4 Å². The van der Waals surface area contributed by atoms with E-state index in [2.05, 4.69) is 69.5 Å². The Labute approximate surface area is 790 Å². The summed E-state index contributed by atoms with van der Waals surface area (Å²) >= 11 is 10.1. The number of nitrogens with zero attached hydrogens (tertiary/aromatic N) is 7. The first-order valence-electron chi connectivity index (χ1n) is 30.2. The maximum atomic E-state index is 13.4. The van der Waals surface area contributed by atoms with Gasteiger partial charge >= 0.3 is 115 Å². The standard InChI is InChI=1S/C28H32F3N5O4S.C21H18ClF3N4O4S.C7H15N.CH2O3.ClHS17.ClH.2K.H/c1-19-17-26(2,3)35(18-19)24-21(25(37)34-41(38,39)20-7-5-4-6-8-20)9-10-22(32-24)36-15-11-23(33-36)40-16-14-27(12-13-27)28(29,30)31;22-18-15(19(30)28-34(31,32)14-4-2-1-3-5-14)6-7-16(26-18)29-12-8-17(27-29)33-13-11-20(9-10-20)21(23,24)25;1-6-4-7(2,3)8-5-6;2-1-4-3;1-3-5-7-9-11-13-15-17-18-16-14-12-10-8-6-4-2;;;;/h4-11,15,19H,12-14,16-18H2,1-3H3,(H,34,37);1-8,12H,9-11,13H2,(H,28,30);6,8H,4-5H2,1-3H3;1,3H;2H;1H;;;/q;;;;;;2*+1;-1/p-1/t19-;;6-;;;;;;/m0.0....../s1. The zero-order chi connectivity index (χ0) is 77.1. The van der Waals surface area contributed by atoms with Gasteiger partial charge in [-0.05, 0) is 235 Å². The van der Waals surface area contributed by atoms with E-state index in [9.17, 15) is 52.8 Å². The van der Waals surface area contributed by atoms with E-state index in [1.54, 1.807) is 168 Å². The van der Waals surface area contributed by atoms with E-state index in [-0.39, 0.29) is 224 Å². The van der Waals surface area contributed by atoms with Crippen molar-refractivity contribution in [2.24, 2.45) is 22.7 Å². The molecule has 2 saturated heterocycles. The van der Waals surface area contributed by atoms with Gasteiger partial charge in [0.25, 0.3) is 38.3 Å². The van der Waals surface area contributed by atoms with E-state index < -0.39 is 55.0 Å². The molecule has 0 spiro atoms. The molecule has 2 aliphatic carbocycles. The molecule has 4 aliphatic rings. The molecule has 2 atom stereocenters. The van der Waals surface area contributed by atoms with Crippen LogP contribution in [0.25, 0.3) is 11.6 Å². The minimum Gasteiger partial charge on any atom is -1.00 e. The molecule has 0 radical (unpaired) electrons. The first-order valence-corrected chi connectivity index (χ1v) is 56.3. The van der Waals surface area contributed by atoms with Gasteiger partial charge in [0.2, 0.25) is 11.8 Å². The SMILES string of the molecule is C[C@@H]1CN(c2nc(-n3ccc(OCCC4(C(F)(F)F)CC4)n3)ccc2C(=O)NS(=O)(=O)c2ccccc2)C(C)(C)C1.C[C@@H]1CNC(C)(C)C1.Cl.O=C(NS(=O)(=O)c1ccccc1)c1ccc(-n2ccc(OCCC3(C(F)(F)F)CC3)n2)nc1Cl.O=CO[O-].SSSSSSSSSSSSSSSSSCl.[H-].[K+].[K+]. The van der Waals surface area contributed by atoms with Crippen LogP contribution in [0.2, 0.25) is 5.15 Å². The number of thiol groups is 1. The molecule has 21 nitrogen and oxygen atoms in total. The number of rotatable bonds is 33. The predicted octanol–water partition coefficient (Wildman–Crippen LogP) is 15.1. The van der Waals surface area contributed by atoms with Gasteiger partial charge in [-0.1, -0.05) is 73.5 Å². The third-order valence-electron chi connectivity index (χ3n) is 15.5. The summed E-state index contributed by atoms with van der Waals surface area (Å²) in [6, 6.07) is 23.6. The first-order chi connectivity index (χ1) is 49.6. The predicted molar refractivity (Wildman–Crippen MR) is 448 cm³/mol. The number of hydrogen-bond donors (Lipinski definition) is 4. The van der Waals surface area contributed by atoms with Crippen LogP contribution in [-0.2, 0) is 29.7 Å². The number of sulfonamides is 2. The van der Waals surface area contributed by atoms with E-state index in [1.165, 1.54) is 121 Å². The number of aromatic nitrogens is 6. The molecule has 51 heteroatoms. The maximum Gasteiger partial charge on any atom is 1.00 e. The molecule has 0 unspecified atom stereocenters. The van der Waals surface area contributed by atoms with Crippen LogP contribution in [0.3, 0.4) is 0 Å². The van der Waals surface area contributed by atoms with E-state index in [1.807, 2.05) is 23.5 Å². The van der Waals surface area contributed by atoms with Gasteiger partial charge in [-0.3, -0.25) is 14.4 Å². The summed E-state index contributed by atoms with van der Waals surface area (Å²) in [5, 5.41) is 20.0. The monoisotopic (exact) mass is 1970 g/mol. The number of alkyl halides is 6. The fraction of sp³-hybridized carbons (Fsp3) is 0.456. The van der Waals surface area contributed by atoms with Crippen LogP contribution in [0.4, 0.5) is 32.2 Å². The Morgan fingerprint density at radius 1 is 0.639 bits per heavy atom. The summed E-state index contributed by atoms with van der Waals surface area (Å²) in [6.45, 7) is 14.3. The Morgan fingerprint density at radius 2 is 1.04 bits per heavy atom. The number of carbonyl (C=O) groups excluding carboxylic acids is 3. The third-order valence-corrected chi connectivity index (χ3v) is 51.8. The zero-order valence-corrected chi connectivity index (χ0v) is 82.1. The van der Waals surface area contributed by atoms with Gasteiger partial charge in [0, 0.05) is 121 Å². The molecule has 2 aromatic carbocycles. The molecule has 0 bridgehead atoms. The average molecular weight is 1980 g/mol. The smallest absolute Gasteiger partial charge is 1.00 e. The number of pyridine rings is 2. The zero-order valence-electron chi connectivity index (χ0n) is 59.0. The number of ether oxygens (including phenoxy) is 2. The summed E-state index contributed by atoms with van der Waals surface area (Å²) in [7, 11) is 24.4. The van der Waals surface area contributed by atoms with E-state index >= 15 is 0 Å². The van der Waals surface area contributed by atoms with Crippen LogP contribution in [0.15, 0.2) is 119 Å². The van der Waals surface area contributed by atoms with Gasteiger partial charge in [-0.15, -0.1) is 22.6 Å². The van der Waals surface area contributed by atoms with Gasteiger partial charge in [0.1, 0.15) is 11.0 Å². The van der Waals surface area contributed by atoms with Crippen LogP contribution in [0.5, 0.6) is 11.8 Å². The Morgan fingerprint density at radius 3 is 1.37 bits per heavy atom. The normalized spacial score (nSPS) is 16.9. The van der Waals surface area contributed by atoms with Crippen molar-refractivity contribution < 1.29 is 181 Å². The molecular formula is C57H69Cl3F6K2N10O11S19. The van der Waals surface area contributed by atoms with Gasteiger partial charge in [0.15, 0.2) is 11.6 Å². The second kappa shape index (κ2) is 51.3. The van der Waals surface area contributed by atoms with Crippen LogP contribution < -0.4 is 137 Å². The van der Waals surface area contributed by atoms with Gasteiger partial charge in [-0.2, -0.15) is 26.3 Å². The Hall–Kier alpha value is 2.46. The molecule has 6 heterocycles. The van der Waals surface area contributed by atoms with Crippen LogP contribution >= 0.6 is 204 Å². The Kier molecular flexibility index (Phi) is 49.7. The maximum absolute atomic E-state index is 13.4. The van der Waals surface area contributed by atoms with Crippen molar-refractivity contribution in [3.05, 3.63) is 126 Å². The molecule has 108 heavy (non-hydrogen) atoms. The second-order valence-corrected chi connectivity index (χ2v) is 56.1. The largest absolute Gasteiger partial charge is 1.00 e. The number of nitrogens with one attached hydrogen (secondary N) is 3. The molecule has 2 saturated carbocycles. The molecule has 4 aromatic heterocycles. The molecule has 592 valence electrons. The minimum absolute atomic E-state index is 0. The Balaban J connectivity index is 0.000000532. The molecular weight excluding hydrogens is 1910 g/mol. The number of benzene rings is 2. The molecule has 4 fully saturated rings. The van der Waals surface area contributed by atoms with Crippen molar-refractivity contribution in [2.75, 3.05) is 31.2 Å². The number of anilines is 1. The van der Waals surface area contributed by atoms with Crippen LogP contribution in [0.1, 0.15) is 115 Å². The van der Waals surface area contributed by atoms with Crippen molar-refractivity contribution in [3.63, 3.8) is 0 Å². The molecule has 2 aliphatic heterocycles. The van der Waals surface area contributed by atoms with Crippen LogP contribution in [-0.4, -0.2) is 114 Å². The Bertz CT molecular complexity index is 3960. The summed E-state index contributed by atoms with van der Waals surface area (Å²) in [5.74, 6) is 0.483. The number of hydrogen-bond acceptors (Lipinski definition) is 34. The fourth-order valence-electron chi connectivity index (χ4n) is 10.3. The van der Waals surface area contributed by atoms with E-state index in [0.29, 0.717) is 29.6 Å². The van der Waals surface area contributed by atoms with Crippen LogP contribution in [0, 0.1) is 22.7 Å². The summed E-state index contributed by atoms with van der Waals surface area (Å²) < 4.78 is 147. The minimum atomic E-state index is -4.25. The third kappa shape index (κ3) is 35.3. The summed E-state index contributed by atoms with van der Waals surface area (Å²) in [4.78, 5) is 47.7. The van der Waals surface area contributed by atoms with Gasteiger partial charge < -0.3 is 31.3 Å². The van der Waals surface area contributed by atoms with E-state index in [0.717, 1.165) is 12.3 Å². The van der Waals surface area contributed by atoms with Crippen molar-refractivity contribution >= 4 is 248 Å². The summed E-state index contributed by atoms with van der Waals surface area (Å²) in [5.41, 5.74) is -3.35. The second-order valence-electron chi connectivity index (χ2n) is 24.1. The fourth-order valence-corrected chi connectivity index (χ4v) is 51.0. The molecule has 10 rings (SSSR count). The van der Waals surface area contributed by atoms with Crippen molar-refractivity contribution in [2.45, 2.75) is 126 Å². The van der Waals surface area contributed by atoms with E-state index in [4.69, 9.17) is 46.8 Å². The van der Waals surface area contributed by atoms with Gasteiger partial charge in [0.05, 0.1) is 45.0 Å². The quantitative estimate of drug-likeness (QED) is 0.00343. The number of halogens is 9. The molecule has 2 amide bonds. The number of carbonyl (C=O) groups is 3.